The second kappa shape index (κ2) is 5.00. The van der Waals surface area contributed by atoms with Gasteiger partial charge >= 0.3 is 0 Å². The first kappa shape index (κ1) is 11.0. The van der Waals surface area contributed by atoms with Crippen LogP contribution < -0.4 is 0 Å². The smallest absolute Gasteiger partial charge is 0.0478 e. The van der Waals surface area contributed by atoms with Gasteiger partial charge in [-0.15, -0.1) is 0 Å². The first-order valence-corrected chi connectivity index (χ1v) is 5.63. The van der Waals surface area contributed by atoms with Crippen molar-refractivity contribution in [2.75, 3.05) is 0 Å². The molecule has 0 aliphatic carbocycles. The molecular formula is C15H13Cl. The molecule has 0 N–H and O–H groups in total. The van der Waals surface area contributed by atoms with E-state index < -0.39 is 0 Å². The summed E-state index contributed by atoms with van der Waals surface area (Å²) in [5, 5.41) is 0.783. The molecule has 16 heavy (non-hydrogen) atoms. The summed E-state index contributed by atoms with van der Waals surface area (Å²) < 4.78 is 0. The second-order valence-electron chi connectivity index (χ2n) is 3.77. The van der Waals surface area contributed by atoms with Crippen molar-refractivity contribution in [1.29, 1.82) is 0 Å². The van der Waals surface area contributed by atoms with E-state index in [1.807, 2.05) is 30.3 Å². The van der Waals surface area contributed by atoms with Crippen LogP contribution in [-0.4, -0.2) is 0 Å². The minimum atomic E-state index is 0.783. The Hall–Kier alpha value is -1.53. The summed E-state index contributed by atoms with van der Waals surface area (Å²) in [5.74, 6) is 0. The maximum Gasteiger partial charge on any atom is 0.0478 e. The molecule has 2 aromatic carbocycles. The summed E-state index contributed by atoms with van der Waals surface area (Å²) in [6, 6.07) is 16.2. The van der Waals surface area contributed by atoms with E-state index in [-0.39, 0.29) is 0 Å². The molecule has 0 aliphatic heterocycles. The molecule has 0 spiro atoms. The lowest BCUT2D eigenvalue weighted by molar-refractivity contribution is 1.46. The number of benzene rings is 2. The zero-order valence-electron chi connectivity index (χ0n) is 9.15. The highest BCUT2D eigenvalue weighted by Gasteiger charge is 1.93. The molecule has 0 atom stereocenters. The molecule has 0 aliphatic rings. The zero-order chi connectivity index (χ0) is 11.4. The SMILES string of the molecule is Cc1ccc(C=Cc2ccccc2Cl)cc1. The van der Waals surface area contributed by atoms with Crippen LogP contribution >= 0.6 is 11.6 Å². The summed E-state index contributed by atoms with van der Waals surface area (Å²) in [6.07, 6.45) is 4.10. The third kappa shape index (κ3) is 2.74. The second-order valence-corrected chi connectivity index (χ2v) is 4.17. The van der Waals surface area contributed by atoms with E-state index in [0.717, 1.165) is 10.6 Å². The Morgan fingerprint density at radius 3 is 2.25 bits per heavy atom. The van der Waals surface area contributed by atoms with Gasteiger partial charge < -0.3 is 0 Å². The van der Waals surface area contributed by atoms with E-state index in [1.165, 1.54) is 11.1 Å². The van der Waals surface area contributed by atoms with Crippen LogP contribution in [0.2, 0.25) is 5.02 Å². The Balaban J connectivity index is 2.21. The van der Waals surface area contributed by atoms with Crippen molar-refractivity contribution in [3.05, 3.63) is 70.2 Å². The van der Waals surface area contributed by atoms with Crippen molar-refractivity contribution in [2.24, 2.45) is 0 Å². The van der Waals surface area contributed by atoms with Crippen LogP contribution in [0.5, 0.6) is 0 Å². The van der Waals surface area contributed by atoms with Crippen LogP contribution in [-0.2, 0) is 0 Å². The molecule has 0 bridgehead atoms. The highest BCUT2D eigenvalue weighted by atomic mass is 35.5. The monoisotopic (exact) mass is 228 g/mol. The first-order valence-electron chi connectivity index (χ1n) is 5.25. The molecule has 80 valence electrons. The van der Waals surface area contributed by atoms with Crippen molar-refractivity contribution >= 4 is 23.8 Å². The van der Waals surface area contributed by atoms with Gasteiger partial charge in [-0.1, -0.05) is 71.8 Å². The van der Waals surface area contributed by atoms with Gasteiger partial charge in [-0.3, -0.25) is 0 Å². The van der Waals surface area contributed by atoms with E-state index in [1.54, 1.807) is 0 Å². The average Bonchev–Trinajstić information content (AvgIpc) is 2.30. The van der Waals surface area contributed by atoms with Gasteiger partial charge in [-0.2, -0.15) is 0 Å². The minimum Gasteiger partial charge on any atom is -0.0837 e. The summed E-state index contributed by atoms with van der Waals surface area (Å²) in [4.78, 5) is 0. The largest absolute Gasteiger partial charge is 0.0837 e. The van der Waals surface area contributed by atoms with E-state index >= 15 is 0 Å². The molecule has 0 fully saturated rings. The van der Waals surface area contributed by atoms with E-state index in [4.69, 9.17) is 11.6 Å². The van der Waals surface area contributed by atoms with Gasteiger partial charge in [-0.25, -0.2) is 0 Å². The lowest BCUT2D eigenvalue weighted by atomic mass is 10.1. The van der Waals surface area contributed by atoms with Crippen LogP contribution in [0.15, 0.2) is 48.5 Å². The molecule has 0 heterocycles. The highest BCUT2D eigenvalue weighted by molar-refractivity contribution is 6.32. The van der Waals surface area contributed by atoms with E-state index in [0.29, 0.717) is 0 Å². The normalized spacial score (nSPS) is 10.9. The molecule has 1 heteroatoms. The fourth-order valence-corrected chi connectivity index (χ4v) is 1.67. The molecule has 0 saturated heterocycles. The summed E-state index contributed by atoms with van der Waals surface area (Å²) in [6.45, 7) is 2.08. The van der Waals surface area contributed by atoms with Crippen molar-refractivity contribution in [3.8, 4) is 0 Å². The van der Waals surface area contributed by atoms with Gasteiger partial charge in [0.2, 0.25) is 0 Å². The average molecular weight is 229 g/mol. The summed E-state index contributed by atoms with van der Waals surface area (Å²) in [5.41, 5.74) is 3.50. The predicted molar refractivity (Wildman–Crippen MR) is 71.6 cm³/mol. The van der Waals surface area contributed by atoms with Gasteiger partial charge in [0.15, 0.2) is 0 Å². The Morgan fingerprint density at radius 2 is 1.56 bits per heavy atom. The molecule has 2 rings (SSSR count). The van der Waals surface area contributed by atoms with Crippen molar-refractivity contribution < 1.29 is 0 Å². The topological polar surface area (TPSA) is 0 Å². The van der Waals surface area contributed by atoms with Crippen LogP contribution in [0.4, 0.5) is 0 Å². The molecule has 0 radical (unpaired) electrons. The fraction of sp³-hybridized carbons (Fsp3) is 0.0667. The molecular weight excluding hydrogens is 216 g/mol. The Kier molecular flexibility index (Phi) is 3.43. The number of hydrogen-bond acceptors (Lipinski definition) is 0. The molecule has 0 nitrogen and oxygen atoms in total. The van der Waals surface area contributed by atoms with Crippen molar-refractivity contribution in [3.63, 3.8) is 0 Å². The van der Waals surface area contributed by atoms with Gasteiger partial charge in [0.25, 0.3) is 0 Å². The molecule has 0 aromatic heterocycles. The number of halogens is 1. The number of hydrogen-bond donors (Lipinski definition) is 0. The van der Waals surface area contributed by atoms with Gasteiger partial charge in [0.05, 0.1) is 0 Å². The fourth-order valence-electron chi connectivity index (χ4n) is 1.47. The predicted octanol–water partition coefficient (Wildman–Crippen LogP) is 4.82. The third-order valence-corrected chi connectivity index (χ3v) is 2.78. The van der Waals surface area contributed by atoms with E-state index in [9.17, 15) is 0 Å². The molecule has 0 amide bonds. The molecule has 0 unspecified atom stereocenters. The Bertz CT molecular complexity index is 495. The third-order valence-electron chi connectivity index (χ3n) is 2.44. The van der Waals surface area contributed by atoms with Crippen LogP contribution in [0.25, 0.3) is 12.2 Å². The van der Waals surface area contributed by atoms with Crippen molar-refractivity contribution in [2.45, 2.75) is 6.92 Å². The van der Waals surface area contributed by atoms with Crippen LogP contribution in [0, 0.1) is 6.92 Å². The number of rotatable bonds is 2. The standard InChI is InChI=1S/C15H13Cl/c1-12-6-8-13(9-7-12)10-11-14-4-2-3-5-15(14)16/h2-11H,1H3. The minimum absolute atomic E-state index is 0.783. The van der Waals surface area contributed by atoms with Gasteiger partial charge in [0, 0.05) is 5.02 Å². The molecule has 0 saturated carbocycles. The Labute approximate surface area is 101 Å². The summed E-state index contributed by atoms with van der Waals surface area (Å²) in [7, 11) is 0. The van der Waals surface area contributed by atoms with Crippen LogP contribution in [0.1, 0.15) is 16.7 Å². The lowest BCUT2D eigenvalue weighted by Crippen LogP contribution is -1.75. The maximum absolute atomic E-state index is 6.06. The highest BCUT2D eigenvalue weighted by Crippen LogP contribution is 2.17. The first-order chi connectivity index (χ1) is 7.75. The molecule has 2 aromatic rings. The van der Waals surface area contributed by atoms with Crippen molar-refractivity contribution in [1.82, 2.24) is 0 Å². The summed E-state index contributed by atoms with van der Waals surface area (Å²) >= 11 is 6.06. The quantitative estimate of drug-likeness (QED) is 0.647. The number of aryl methyl sites for hydroxylation is 1. The van der Waals surface area contributed by atoms with Gasteiger partial charge in [0.1, 0.15) is 0 Å². The lowest BCUT2D eigenvalue weighted by Gasteiger charge is -1.97. The van der Waals surface area contributed by atoms with E-state index in [2.05, 4.69) is 37.3 Å². The Morgan fingerprint density at radius 1 is 0.875 bits per heavy atom. The zero-order valence-corrected chi connectivity index (χ0v) is 9.91. The van der Waals surface area contributed by atoms with Gasteiger partial charge in [-0.05, 0) is 24.1 Å². The maximum atomic E-state index is 6.06. The van der Waals surface area contributed by atoms with Crippen LogP contribution in [0.3, 0.4) is 0 Å².